The van der Waals surface area contributed by atoms with E-state index in [0.29, 0.717) is 5.69 Å². The van der Waals surface area contributed by atoms with Crippen LogP contribution in [0.3, 0.4) is 0 Å². The zero-order chi connectivity index (χ0) is 18.7. The van der Waals surface area contributed by atoms with Gasteiger partial charge >= 0.3 is 6.36 Å². The minimum absolute atomic E-state index is 0.127. The number of aryl methyl sites for hydroxylation is 1. The van der Waals surface area contributed by atoms with E-state index in [4.69, 9.17) is 12.2 Å². The summed E-state index contributed by atoms with van der Waals surface area (Å²) in [6.45, 7) is 1.76. The second kappa shape index (κ2) is 7.17. The van der Waals surface area contributed by atoms with Crippen molar-refractivity contribution in [3.8, 4) is 5.75 Å². The Morgan fingerprint density at radius 3 is 2.62 bits per heavy atom. The molecule has 3 rings (SSSR count). The third kappa shape index (κ3) is 4.40. The highest BCUT2D eigenvalue weighted by molar-refractivity contribution is 7.80. The van der Waals surface area contributed by atoms with Crippen molar-refractivity contribution in [2.45, 2.75) is 13.3 Å². The average molecular weight is 377 g/mol. The minimum Gasteiger partial charge on any atom is -0.404 e. The fraction of sp³-hybridized carbons (Fsp3) is 0.111. The van der Waals surface area contributed by atoms with Gasteiger partial charge in [-0.15, -0.1) is 13.2 Å². The average Bonchev–Trinajstić information content (AvgIpc) is 2.56. The number of fused-ring (bicyclic) bond motifs is 1. The Kier molecular flexibility index (Phi) is 4.94. The number of anilines is 2. The molecule has 0 aliphatic rings. The molecule has 0 amide bonds. The van der Waals surface area contributed by atoms with E-state index in [1.165, 1.54) is 18.2 Å². The summed E-state index contributed by atoms with van der Waals surface area (Å²) in [6.07, 6.45) is -1.42. The van der Waals surface area contributed by atoms with E-state index in [0.717, 1.165) is 16.3 Å². The summed E-state index contributed by atoms with van der Waals surface area (Å²) in [7, 11) is 0. The van der Waals surface area contributed by atoms with Crippen molar-refractivity contribution in [3.05, 3.63) is 60.4 Å². The van der Waals surface area contributed by atoms with Crippen LogP contribution in [-0.4, -0.2) is 16.5 Å². The Balaban J connectivity index is 1.83. The first-order valence-electron chi connectivity index (χ1n) is 7.59. The predicted octanol–water partition coefficient (Wildman–Crippen LogP) is 5.25. The molecule has 1 aromatic heterocycles. The van der Waals surface area contributed by atoms with Gasteiger partial charge in [-0.05, 0) is 49.0 Å². The standard InChI is InChI=1S/C18H14F3N3OS/c1-11-5-6-16(25-18(19,20)21)15(9-11)24-17(26)23-14-4-2-3-12-10-22-8-7-13(12)14/h2-10H,1H3,(H2,23,24,26). The highest BCUT2D eigenvalue weighted by Gasteiger charge is 2.32. The Labute approximate surface area is 153 Å². The van der Waals surface area contributed by atoms with Crippen molar-refractivity contribution < 1.29 is 17.9 Å². The number of alkyl halides is 3. The number of aromatic nitrogens is 1. The summed E-state index contributed by atoms with van der Waals surface area (Å²) < 4.78 is 41.8. The normalized spacial score (nSPS) is 11.2. The lowest BCUT2D eigenvalue weighted by molar-refractivity contribution is -0.274. The van der Waals surface area contributed by atoms with Gasteiger partial charge in [-0.3, -0.25) is 4.98 Å². The maximum Gasteiger partial charge on any atom is 0.573 e. The number of hydrogen-bond acceptors (Lipinski definition) is 3. The highest BCUT2D eigenvalue weighted by atomic mass is 32.1. The van der Waals surface area contributed by atoms with Crippen molar-refractivity contribution in [1.29, 1.82) is 0 Å². The molecule has 0 unspecified atom stereocenters. The van der Waals surface area contributed by atoms with Crippen molar-refractivity contribution in [3.63, 3.8) is 0 Å². The molecule has 0 aliphatic carbocycles. The molecule has 8 heteroatoms. The van der Waals surface area contributed by atoms with Gasteiger partial charge in [-0.2, -0.15) is 0 Å². The molecule has 0 atom stereocenters. The zero-order valence-corrected chi connectivity index (χ0v) is 14.4. The van der Waals surface area contributed by atoms with E-state index in [1.807, 2.05) is 24.3 Å². The first-order chi connectivity index (χ1) is 12.3. The second-order valence-corrected chi connectivity index (χ2v) is 5.94. The number of benzene rings is 2. The molecule has 0 saturated carbocycles. The number of pyridine rings is 1. The van der Waals surface area contributed by atoms with Gasteiger partial charge in [-0.1, -0.05) is 18.2 Å². The van der Waals surface area contributed by atoms with Crippen LogP contribution in [0.4, 0.5) is 24.5 Å². The third-order valence-corrected chi connectivity index (χ3v) is 3.74. The molecule has 1 heterocycles. The number of hydrogen-bond donors (Lipinski definition) is 2. The molecule has 0 spiro atoms. The molecule has 4 nitrogen and oxygen atoms in total. The Morgan fingerprint density at radius 1 is 1.08 bits per heavy atom. The molecule has 0 saturated heterocycles. The first-order valence-corrected chi connectivity index (χ1v) is 8.00. The van der Waals surface area contributed by atoms with Gasteiger partial charge in [0.1, 0.15) is 0 Å². The monoisotopic (exact) mass is 377 g/mol. The van der Waals surface area contributed by atoms with Gasteiger partial charge in [0.15, 0.2) is 10.9 Å². The van der Waals surface area contributed by atoms with Crippen LogP contribution in [-0.2, 0) is 0 Å². The van der Waals surface area contributed by atoms with Crippen molar-refractivity contribution in [2.75, 3.05) is 10.6 Å². The van der Waals surface area contributed by atoms with Crippen LogP contribution in [0.15, 0.2) is 54.9 Å². The largest absolute Gasteiger partial charge is 0.573 e. The third-order valence-electron chi connectivity index (χ3n) is 3.54. The maximum atomic E-state index is 12.6. The Bertz CT molecular complexity index is 955. The van der Waals surface area contributed by atoms with Gasteiger partial charge in [0.2, 0.25) is 0 Å². The molecular weight excluding hydrogens is 363 g/mol. The van der Waals surface area contributed by atoms with Gasteiger partial charge in [0, 0.05) is 28.9 Å². The molecule has 26 heavy (non-hydrogen) atoms. The number of halogens is 3. The van der Waals surface area contributed by atoms with Crippen LogP contribution in [0.1, 0.15) is 5.56 Å². The van der Waals surface area contributed by atoms with E-state index in [9.17, 15) is 13.2 Å². The molecule has 2 aromatic carbocycles. The lowest BCUT2D eigenvalue weighted by Crippen LogP contribution is -2.22. The lowest BCUT2D eigenvalue weighted by atomic mass is 10.1. The van der Waals surface area contributed by atoms with Crippen molar-refractivity contribution >= 4 is 39.5 Å². The summed E-state index contributed by atoms with van der Waals surface area (Å²) >= 11 is 5.25. The fourth-order valence-corrected chi connectivity index (χ4v) is 2.68. The quantitative estimate of drug-likeness (QED) is 0.611. The van der Waals surface area contributed by atoms with Crippen LogP contribution in [0, 0.1) is 6.92 Å². The van der Waals surface area contributed by atoms with Gasteiger partial charge in [-0.25, -0.2) is 0 Å². The Morgan fingerprint density at radius 2 is 1.85 bits per heavy atom. The number of rotatable bonds is 3. The van der Waals surface area contributed by atoms with Gasteiger partial charge in [0.05, 0.1) is 5.69 Å². The highest BCUT2D eigenvalue weighted by Crippen LogP contribution is 2.31. The molecule has 134 valence electrons. The molecule has 0 aliphatic heterocycles. The lowest BCUT2D eigenvalue weighted by Gasteiger charge is -2.17. The summed E-state index contributed by atoms with van der Waals surface area (Å²) in [4.78, 5) is 4.06. The molecule has 3 aromatic rings. The molecule has 0 radical (unpaired) electrons. The van der Waals surface area contributed by atoms with Crippen LogP contribution < -0.4 is 15.4 Å². The minimum atomic E-state index is -4.79. The van der Waals surface area contributed by atoms with E-state index >= 15 is 0 Å². The summed E-state index contributed by atoms with van der Waals surface area (Å²) in [5.74, 6) is -0.352. The predicted molar refractivity (Wildman–Crippen MR) is 99.4 cm³/mol. The van der Waals surface area contributed by atoms with Gasteiger partial charge in [0.25, 0.3) is 0 Å². The van der Waals surface area contributed by atoms with E-state index < -0.39 is 6.36 Å². The topological polar surface area (TPSA) is 46.2 Å². The molecular formula is C18H14F3N3OS. The maximum absolute atomic E-state index is 12.6. The van der Waals surface area contributed by atoms with Crippen LogP contribution in [0.2, 0.25) is 0 Å². The van der Waals surface area contributed by atoms with Crippen LogP contribution >= 0.6 is 12.2 Å². The van der Waals surface area contributed by atoms with Crippen molar-refractivity contribution in [1.82, 2.24) is 4.98 Å². The van der Waals surface area contributed by atoms with Crippen molar-refractivity contribution in [2.24, 2.45) is 0 Å². The van der Waals surface area contributed by atoms with Gasteiger partial charge < -0.3 is 15.4 Å². The van der Waals surface area contributed by atoms with E-state index in [2.05, 4.69) is 20.4 Å². The molecule has 0 fully saturated rings. The Hall–Kier alpha value is -2.87. The van der Waals surface area contributed by atoms with Crippen LogP contribution in [0.5, 0.6) is 5.75 Å². The van der Waals surface area contributed by atoms with E-state index in [-0.39, 0.29) is 16.5 Å². The molecule has 0 bridgehead atoms. The summed E-state index contributed by atoms with van der Waals surface area (Å²) in [5, 5.41) is 7.72. The zero-order valence-electron chi connectivity index (χ0n) is 13.6. The fourth-order valence-electron chi connectivity index (χ4n) is 2.46. The SMILES string of the molecule is Cc1ccc(OC(F)(F)F)c(NC(=S)Nc2cccc3cnccc23)c1. The first kappa shape index (κ1) is 17.9. The van der Waals surface area contributed by atoms with Crippen LogP contribution in [0.25, 0.3) is 10.8 Å². The summed E-state index contributed by atoms with van der Waals surface area (Å²) in [5.41, 5.74) is 1.61. The smallest absolute Gasteiger partial charge is 0.404 e. The summed E-state index contributed by atoms with van der Waals surface area (Å²) in [6, 6.07) is 11.7. The number of nitrogens with one attached hydrogen (secondary N) is 2. The number of thiocarbonyl (C=S) groups is 1. The second-order valence-electron chi connectivity index (χ2n) is 5.53. The van der Waals surface area contributed by atoms with E-state index in [1.54, 1.807) is 19.3 Å². The number of ether oxygens (including phenoxy) is 1. The number of nitrogens with zero attached hydrogens (tertiary/aromatic N) is 1. The molecule has 2 N–H and O–H groups in total.